The van der Waals surface area contributed by atoms with Crippen molar-refractivity contribution >= 4 is 22.4 Å². The van der Waals surface area contributed by atoms with Crippen molar-refractivity contribution < 1.29 is 4.74 Å². The van der Waals surface area contributed by atoms with E-state index in [-0.39, 0.29) is 0 Å². The summed E-state index contributed by atoms with van der Waals surface area (Å²) in [6.07, 6.45) is 3.19. The van der Waals surface area contributed by atoms with Gasteiger partial charge >= 0.3 is 0 Å². The summed E-state index contributed by atoms with van der Waals surface area (Å²) in [5.74, 6) is 1.73. The Morgan fingerprint density at radius 3 is 2.70 bits per heavy atom. The number of fused-ring (bicyclic) bond motifs is 1. The number of hydrogen-bond donors (Lipinski definition) is 1. The average Bonchev–Trinajstić information content (AvgIpc) is 2.50. The van der Waals surface area contributed by atoms with Crippen LogP contribution in [-0.4, -0.2) is 26.1 Å². The summed E-state index contributed by atoms with van der Waals surface area (Å²) in [6, 6.07) is 12.6. The molecule has 0 saturated heterocycles. The van der Waals surface area contributed by atoms with Crippen LogP contribution in [0.2, 0.25) is 0 Å². The van der Waals surface area contributed by atoms with Gasteiger partial charge in [0.25, 0.3) is 0 Å². The molecular weight excluding hydrogens is 270 g/mol. The van der Waals surface area contributed by atoms with Gasteiger partial charge in [0.05, 0.1) is 7.11 Å². The number of nitrogens with one attached hydrogen (secondary N) is 1. The Morgan fingerprint density at radius 1 is 1.05 bits per heavy atom. The summed E-state index contributed by atoms with van der Waals surface area (Å²) in [6.45, 7) is 1.99. The van der Waals surface area contributed by atoms with Gasteiger partial charge in [0.1, 0.15) is 5.75 Å². The number of methoxy groups -OCH3 is 1. The molecule has 20 heavy (non-hydrogen) atoms. The van der Waals surface area contributed by atoms with E-state index in [4.69, 9.17) is 16.3 Å². The van der Waals surface area contributed by atoms with Gasteiger partial charge in [-0.3, -0.25) is 0 Å². The van der Waals surface area contributed by atoms with Gasteiger partial charge < -0.3 is 10.1 Å². The van der Waals surface area contributed by atoms with E-state index in [2.05, 4.69) is 41.7 Å². The molecule has 108 valence electrons. The quantitative estimate of drug-likeness (QED) is 0.586. The fourth-order valence-electron chi connectivity index (χ4n) is 2.45. The molecule has 3 heteroatoms. The third-order valence-corrected chi connectivity index (χ3v) is 3.77. The molecule has 0 atom stereocenters. The predicted molar refractivity (Wildman–Crippen MR) is 87.0 cm³/mol. The van der Waals surface area contributed by atoms with Gasteiger partial charge in [-0.25, -0.2) is 0 Å². The maximum absolute atomic E-state index is 5.67. The average molecular weight is 292 g/mol. The molecule has 2 rings (SSSR count). The summed E-state index contributed by atoms with van der Waals surface area (Å²) in [5, 5.41) is 6.03. The van der Waals surface area contributed by atoms with Gasteiger partial charge in [0.2, 0.25) is 0 Å². The molecule has 0 radical (unpaired) electrons. The Labute approximate surface area is 126 Å². The van der Waals surface area contributed by atoms with Crippen LogP contribution in [0.25, 0.3) is 10.8 Å². The van der Waals surface area contributed by atoms with Gasteiger partial charge in [-0.2, -0.15) is 0 Å². The van der Waals surface area contributed by atoms with Crippen LogP contribution in [0, 0.1) is 0 Å². The van der Waals surface area contributed by atoms with Crippen LogP contribution in [0.1, 0.15) is 18.4 Å². The van der Waals surface area contributed by atoms with Gasteiger partial charge in [0, 0.05) is 11.4 Å². The molecule has 0 aliphatic carbocycles. The third-order valence-electron chi connectivity index (χ3n) is 3.51. The largest absolute Gasteiger partial charge is 0.496 e. The summed E-state index contributed by atoms with van der Waals surface area (Å²) in [5.41, 5.74) is 1.29. The molecule has 0 unspecified atom stereocenters. The van der Waals surface area contributed by atoms with Gasteiger partial charge in [0.15, 0.2) is 0 Å². The Kier molecular flexibility index (Phi) is 6.16. The molecule has 0 saturated carbocycles. The minimum atomic E-state index is 0.749. The summed E-state index contributed by atoms with van der Waals surface area (Å²) < 4.78 is 5.50. The number of unbranched alkanes of at least 4 members (excludes halogenated alkanes) is 1. The molecule has 0 fully saturated rings. The van der Waals surface area contributed by atoms with Crippen LogP contribution < -0.4 is 10.1 Å². The molecule has 0 aliphatic rings. The van der Waals surface area contributed by atoms with Crippen LogP contribution in [0.5, 0.6) is 5.75 Å². The number of ether oxygens (including phenoxy) is 1. The molecule has 0 aromatic heterocycles. The molecule has 0 amide bonds. The smallest absolute Gasteiger partial charge is 0.122 e. The van der Waals surface area contributed by atoms with Crippen molar-refractivity contribution in [1.82, 2.24) is 5.32 Å². The van der Waals surface area contributed by atoms with Crippen molar-refractivity contribution in [1.29, 1.82) is 0 Å². The van der Waals surface area contributed by atoms with E-state index in [1.165, 1.54) is 16.3 Å². The van der Waals surface area contributed by atoms with Gasteiger partial charge in [-0.15, -0.1) is 11.6 Å². The Balaban J connectivity index is 2.03. The monoisotopic (exact) mass is 291 g/mol. The van der Waals surface area contributed by atoms with Gasteiger partial charge in [-0.1, -0.05) is 30.3 Å². The first-order chi connectivity index (χ1) is 9.86. The molecule has 1 N–H and O–H groups in total. The van der Waals surface area contributed by atoms with E-state index in [0.717, 1.165) is 44.0 Å². The second-order valence-electron chi connectivity index (χ2n) is 4.86. The molecule has 2 aromatic rings. The van der Waals surface area contributed by atoms with Gasteiger partial charge in [-0.05, 0) is 49.2 Å². The van der Waals surface area contributed by atoms with E-state index in [0.29, 0.717) is 0 Å². The second kappa shape index (κ2) is 8.13. The van der Waals surface area contributed by atoms with E-state index in [1.54, 1.807) is 7.11 Å². The fraction of sp³-hybridized carbons (Fsp3) is 0.412. The standard InChI is InChI=1S/C17H22ClNO/c1-20-17-9-8-14-6-2-3-7-15(14)16(17)10-13-19-12-5-4-11-18/h2-3,6-9,19H,4-5,10-13H2,1H3. The number of benzene rings is 2. The van der Waals surface area contributed by atoms with Crippen LogP contribution in [-0.2, 0) is 6.42 Å². The lowest BCUT2D eigenvalue weighted by atomic mass is 10.0. The summed E-state index contributed by atoms with van der Waals surface area (Å²) in [4.78, 5) is 0. The summed E-state index contributed by atoms with van der Waals surface area (Å²) >= 11 is 5.67. The maximum Gasteiger partial charge on any atom is 0.122 e. The highest BCUT2D eigenvalue weighted by molar-refractivity contribution is 6.17. The molecule has 0 heterocycles. The minimum Gasteiger partial charge on any atom is -0.496 e. The zero-order chi connectivity index (χ0) is 14.2. The molecule has 2 nitrogen and oxygen atoms in total. The van der Waals surface area contributed by atoms with Crippen molar-refractivity contribution in [2.24, 2.45) is 0 Å². The molecule has 0 aliphatic heterocycles. The number of halogens is 1. The Morgan fingerprint density at radius 2 is 1.90 bits per heavy atom. The molecule has 2 aromatic carbocycles. The van der Waals surface area contributed by atoms with Crippen molar-refractivity contribution in [3.63, 3.8) is 0 Å². The van der Waals surface area contributed by atoms with Crippen molar-refractivity contribution in [2.75, 3.05) is 26.1 Å². The van der Waals surface area contributed by atoms with Crippen LogP contribution in [0.3, 0.4) is 0 Å². The lowest BCUT2D eigenvalue weighted by Crippen LogP contribution is -2.19. The lowest BCUT2D eigenvalue weighted by Gasteiger charge is -2.12. The van der Waals surface area contributed by atoms with Crippen molar-refractivity contribution in [2.45, 2.75) is 19.3 Å². The van der Waals surface area contributed by atoms with E-state index in [1.807, 2.05) is 0 Å². The van der Waals surface area contributed by atoms with Crippen LogP contribution >= 0.6 is 11.6 Å². The highest BCUT2D eigenvalue weighted by atomic mass is 35.5. The third kappa shape index (κ3) is 3.87. The number of hydrogen-bond acceptors (Lipinski definition) is 2. The number of rotatable bonds is 8. The fourth-order valence-corrected chi connectivity index (χ4v) is 2.64. The molecular formula is C17H22ClNO. The van der Waals surface area contributed by atoms with Crippen molar-refractivity contribution in [3.8, 4) is 5.75 Å². The minimum absolute atomic E-state index is 0.749. The second-order valence-corrected chi connectivity index (χ2v) is 5.24. The highest BCUT2D eigenvalue weighted by Gasteiger charge is 2.07. The van der Waals surface area contributed by atoms with E-state index >= 15 is 0 Å². The topological polar surface area (TPSA) is 21.3 Å². The predicted octanol–water partition coefficient (Wildman–Crippen LogP) is 4.00. The molecule has 0 bridgehead atoms. The van der Waals surface area contributed by atoms with Crippen molar-refractivity contribution in [3.05, 3.63) is 42.0 Å². The maximum atomic E-state index is 5.67. The first-order valence-corrected chi connectivity index (χ1v) is 7.71. The number of alkyl halides is 1. The normalized spacial score (nSPS) is 10.9. The van der Waals surface area contributed by atoms with Crippen LogP contribution in [0.15, 0.2) is 36.4 Å². The Bertz CT molecular complexity index is 542. The first kappa shape index (κ1) is 15.1. The first-order valence-electron chi connectivity index (χ1n) is 7.18. The molecule has 0 spiro atoms. The Hall–Kier alpha value is -1.25. The van der Waals surface area contributed by atoms with E-state index < -0.39 is 0 Å². The zero-order valence-corrected chi connectivity index (χ0v) is 12.7. The SMILES string of the molecule is COc1ccc2ccccc2c1CCNCCCCCl. The lowest BCUT2D eigenvalue weighted by molar-refractivity contribution is 0.410. The summed E-state index contributed by atoms with van der Waals surface area (Å²) in [7, 11) is 1.74. The van der Waals surface area contributed by atoms with Crippen LogP contribution in [0.4, 0.5) is 0 Å². The highest BCUT2D eigenvalue weighted by Crippen LogP contribution is 2.28. The zero-order valence-electron chi connectivity index (χ0n) is 12.0. The van der Waals surface area contributed by atoms with E-state index in [9.17, 15) is 0 Å².